The Labute approximate surface area is 95.8 Å². The number of benzene rings is 2. The Morgan fingerprint density at radius 3 is 2.12 bits per heavy atom. The third kappa shape index (κ3) is 1.83. The zero-order valence-corrected chi connectivity index (χ0v) is 8.58. The standard InChI is InChI=1S/C12H8O5/c13-11(14)8-5-1-3-7-4-2-6-9(10(7)8)12(15)17-16/h1-6,16H,(H,13,14). The van der Waals surface area contributed by atoms with Crippen molar-refractivity contribution in [3.63, 3.8) is 0 Å². The van der Waals surface area contributed by atoms with E-state index in [-0.39, 0.29) is 16.5 Å². The minimum absolute atomic E-state index is 0.0106. The Morgan fingerprint density at radius 1 is 1.00 bits per heavy atom. The maximum Gasteiger partial charge on any atom is 0.373 e. The summed E-state index contributed by atoms with van der Waals surface area (Å²) in [5, 5.41) is 18.3. The van der Waals surface area contributed by atoms with Gasteiger partial charge in [-0.3, -0.25) is 4.89 Å². The van der Waals surface area contributed by atoms with E-state index in [1.165, 1.54) is 12.1 Å². The zero-order chi connectivity index (χ0) is 12.4. The molecule has 0 saturated carbocycles. The molecule has 0 radical (unpaired) electrons. The third-order valence-corrected chi connectivity index (χ3v) is 2.44. The second kappa shape index (κ2) is 4.23. The fourth-order valence-electron chi connectivity index (χ4n) is 1.74. The molecule has 2 rings (SSSR count). The number of carboxylic acid groups (broad SMARTS) is 1. The van der Waals surface area contributed by atoms with E-state index in [0.29, 0.717) is 5.39 Å². The third-order valence-electron chi connectivity index (χ3n) is 2.44. The molecule has 0 unspecified atom stereocenters. The van der Waals surface area contributed by atoms with Gasteiger partial charge in [0.05, 0.1) is 11.1 Å². The average Bonchev–Trinajstić information content (AvgIpc) is 2.36. The highest BCUT2D eigenvalue weighted by Crippen LogP contribution is 2.23. The van der Waals surface area contributed by atoms with Gasteiger partial charge in [-0.2, -0.15) is 5.26 Å². The Morgan fingerprint density at radius 2 is 1.59 bits per heavy atom. The molecule has 0 heterocycles. The normalized spacial score (nSPS) is 10.2. The van der Waals surface area contributed by atoms with Gasteiger partial charge in [-0.1, -0.05) is 24.3 Å². The molecule has 0 aliphatic heterocycles. The van der Waals surface area contributed by atoms with Crippen LogP contribution in [0, 0.1) is 0 Å². The van der Waals surface area contributed by atoms with Crippen LogP contribution in [-0.4, -0.2) is 22.3 Å². The Balaban J connectivity index is 2.85. The van der Waals surface area contributed by atoms with Crippen molar-refractivity contribution in [3.8, 4) is 0 Å². The van der Waals surface area contributed by atoms with Gasteiger partial charge in [0.15, 0.2) is 0 Å². The van der Waals surface area contributed by atoms with Crippen molar-refractivity contribution in [1.29, 1.82) is 0 Å². The average molecular weight is 232 g/mol. The summed E-state index contributed by atoms with van der Waals surface area (Å²) in [6, 6.07) is 9.30. The highest BCUT2D eigenvalue weighted by atomic mass is 17.1. The van der Waals surface area contributed by atoms with Crippen LogP contribution >= 0.6 is 0 Å². The molecular weight excluding hydrogens is 224 g/mol. The van der Waals surface area contributed by atoms with Crippen LogP contribution in [0.2, 0.25) is 0 Å². The maximum absolute atomic E-state index is 11.3. The smallest absolute Gasteiger partial charge is 0.373 e. The van der Waals surface area contributed by atoms with Crippen molar-refractivity contribution in [1.82, 2.24) is 0 Å². The first-order valence-corrected chi connectivity index (χ1v) is 4.76. The van der Waals surface area contributed by atoms with Crippen LogP contribution in [0.15, 0.2) is 36.4 Å². The quantitative estimate of drug-likeness (QED) is 0.612. The van der Waals surface area contributed by atoms with Gasteiger partial charge in [0.25, 0.3) is 0 Å². The summed E-state index contributed by atoms with van der Waals surface area (Å²) in [7, 11) is 0. The lowest BCUT2D eigenvalue weighted by molar-refractivity contribution is -0.182. The zero-order valence-electron chi connectivity index (χ0n) is 8.58. The Hall–Kier alpha value is -2.40. The maximum atomic E-state index is 11.3. The SMILES string of the molecule is O=C(O)c1cccc2cccc(C(=O)OO)c12. The molecule has 0 aliphatic rings. The first-order chi connectivity index (χ1) is 8.15. The number of carboxylic acids is 1. The van der Waals surface area contributed by atoms with Crippen LogP contribution in [0.4, 0.5) is 0 Å². The van der Waals surface area contributed by atoms with E-state index < -0.39 is 11.9 Å². The number of hydrogen-bond acceptors (Lipinski definition) is 4. The van der Waals surface area contributed by atoms with Crippen molar-refractivity contribution < 1.29 is 24.8 Å². The largest absolute Gasteiger partial charge is 0.478 e. The summed E-state index contributed by atoms with van der Waals surface area (Å²) < 4.78 is 0. The first-order valence-electron chi connectivity index (χ1n) is 4.76. The number of rotatable bonds is 2. The van der Waals surface area contributed by atoms with E-state index in [2.05, 4.69) is 4.89 Å². The molecule has 0 spiro atoms. The molecule has 2 N–H and O–H groups in total. The minimum atomic E-state index is -1.14. The molecule has 86 valence electrons. The van der Waals surface area contributed by atoms with Gasteiger partial charge in [0, 0.05) is 5.39 Å². The number of fused-ring (bicyclic) bond motifs is 1. The molecule has 0 aromatic heterocycles. The summed E-state index contributed by atoms with van der Waals surface area (Å²) >= 11 is 0. The highest BCUT2D eigenvalue weighted by Gasteiger charge is 2.17. The molecule has 0 atom stereocenters. The predicted molar refractivity (Wildman–Crippen MR) is 59.0 cm³/mol. The molecule has 0 amide bonds. The van der Waals surface area contributed by atoms with Crippen LogP contribution in [-0.2, 0) is 4.89 Å². The van der Waals surface area contributed by atoms with Crippen LogP contribution in [0.3, 0.4) is 0 Å². The first kappa shape index (κ1) is 11.1. The molecule has 2 aromatic carbocycles. The summed E-state index contributed by atoms with van der Waals surface area (Å²) in [6.07, 6.45) is 0. The van der Waals surface area contributed by atoms with Gasteiger partial charge >= 0.3 is 11.9 Å². The van der Waals surface area contributed by atoms with Gasteiger partial charge in [0.2, 0.25) is 0 Å². The van der Waals surface area contributed by atoms with Crippen LogP contribution in [0.25, 0.3) is 10.8 Å². The van der Waals surface area contributed by atoms with Crippen molar-refractivity contribution in [2.24, 2.45) is 0 Å². The Kier molecular flexibility index (Phi) is 2.76. The molecule has 0 bridgehead atoms. The van der Waals surface area contributed by atoms with Gasteiger partial charge in [-0.05, 0) is 17.5 Å². The van der Waals surface area contributed by atoms with Crippen LogP contribution < -0.4 is 0 Å². The lowest BCUT2D eigenvalue weighted by Gasteiger charge is -2.06. The topological polar surface area (TPSA) is 83.8 Å². The van der Waals surface area contributed by atoms with Gasteiger partial charge < -0.3 is 5.11 Å². The lowest BCUT2D eigenvalue weighted by Crippen LogP contribution is -2.06. The molecular formula is C12H8O5. The van der Waals surface area contributed by atoms with Crippen molar-refractivity contribution >= 4 is 22.7 Å². The predicted octanol–water partition coefficient (Wildman–Crippen LogP) is 2.17. The molecule has 0 saturated heterocycles. The Bertz CT molecular complexity index is 598. The minimum Gasteiger partial charge on any atom is -0.478 e. The number of carbonyl (C=O) groups excluding carboxylic acids is 1. The van der Waals surface area contributed by atoms with Gasteiger partial charge in [0.1, 0.15) is 0 Å². The van der Waals surface area contributed by atoms with E-state index in [0.717, 1.165) is 0 Å². The van der Waals surface area contributed by atoms with E-state index in [4.69, 9.17) is 10.4 Å². The molecule has 0 aliphatic carbocycles. The van der Waals surface area contributed by atoms with Crippen molar-refractivity contribution in [3.05, 3.63) is 47.5 Å². The summed E-state index contributed by atoms with van der Waals surface area (Å²) in [4.78, 5) is 26.0. The molecule has 5 heteroatoms. The monoisotopic (exact) mass is 232 g/mol. The number of carbonyl (C=O) groups is 2. The number of aromatic carboxylic acids is 1. The second-order valence-electron chi connectivity index (χ2n) is 3.39. The van der Waals surface area contributed by atoms with Gasteiger partial charge in [-0.25, -0.2) is 9.59 Å². The fourth-order valence-corrected chi connectivity index (χ4v) is 1.74. The number of hydrogen-bond donors (Lipinski definition) is 2. The van der Waals surface area contributed by atoms with E-state index in [1.807, 2.05) is 0 Å². The van der Waals surface area contributed by atoms with E-state index in [9.17, 15) is 9.59 Å². The summed E-state index contributed by atoms with van der Waals surface area (Å²) in [5.41, 5.74) is 0.00602. The van der Waals surface area contributed by atoms with Gasteiger partial charge in [-0.15, -0.1) is 0 Å². The lowest BCUT2D eigenvalue weighted by atomic mass is 9.99. The van der Waals surface area contributed by atoms with Crippen molar-refractivity contribution in [2.45, 2.75) is 0 Å². The molecule has 0 fully saturated rings. The summed E-state index contributed by atoms with van der Waals surface area (Å²) in [5.74, 6) is -2.13. The fraction of sp³-hybridized carbons (Fsp3) is 0. The van der Waals surface area contributed by atoms with E-state index >= 15 is 0 Å². The molecule has 2 aromatic rings. The molecule has 5 nitrogen and oxygen atoms in total. The highest BCUT2D eigenvalue weighted by molar-refractivity contribution is 6.12. The second-order valence-corrected chi connectivity index (χ2v) is 3.39. The van der Waals surface area contributed by atoms with Crippen molar-refractivity contribution in [2.75, 3.05) is 0 Å². The molecule has 17 heavy (non-hydrogen) atoms. The van der Waals surface area contributed by atoms with Crippen LogP contribution in [0.1, 0.15) is 20.7 Å². The summed E-state index contributed by atoms with van der Waals surface area (Å²) in [6.45, 7) is 0. The van der Waals surface area contributed by atoms with Crippen LogP contribution in [0.5, 0.6) is 0 Å². The van der Waals surface area contributed by atoms with E-state index in [1.54, 1.807) is 24.3 Å².